The normalized spacial score (nSPS) is 11.5. The molecule has 2 rings (SSSR count). The Balaban J connectivity index is 0.00000200. The van der Waals surface area contributed by atoms with Gasteiger partial charge in [0.05, 0.1) is 5.69 Å². The fraction of sp³-hybridized carbons (Fsp3) is 0.286. The van der Waals surface area contributed by atoms with Gasteiger partial charge >= 0.3 is 0 Å². The predicted molar refractivity (Wildman–Crippen MR) is 81.7 cm³/mol. The van der Waals surface area contributed by atoms with Crippen LogP contribution >= 0.6 is 12.4 Å². The van der Waals surface area contributed by atoms with E-state index < -0.39 is 0 Å². The average Bonchev–Trinajstić information content (AvgIpc) is 2.95. The van der Waals surface area contributed by atoms with E-state index in [4.69, 9.17) is 0 Å². The van der Waals surface area contributed by atoms with Crippen LogP contribution in [0, 0.1) is 0 Å². The molecule has 5 nitrogen and oxygen atoms in total. The maximum atomic E-state index is 11.9. The van der Waals surface area contributed by atoms with Gasteiger partial charge in [-0.25, -0.2) is 4.68 Å². The SMILES string of the molecule is CNC(C)CNC(=O)c1ccn(-c2ccccc2)n1.Cl. The second kappa shape index (κ2) is 7.67. The Bertz CT molecular complexity index is 541. The van der Waals surface area contributed by atoms with Crippen LogP contribution in [0.2, 0.25) is 0 Å². The van der Waals surface area contributed by atoms with Crippen molar-refractivity contribution in [2.24, 2.45) is 0 Å². The van der Waals surface area contributed by atoms with Crippen LogP contribution < -0.4 is 10.6 Å². The fourth-order valence-electron chi connectivity index (χ4n) is 1.61. The highest BCUT2D eigenvalue weighted by Gasteiger charge is 2.10. The van der Waals surface area contributed by atoms with Gasteiger partial charge in [0.2, 0.25) is 0 Å². The summed E-state index contributed by atoms with van der Waals surface area (Å²) in [5, 5.41) is 10.2. The number of hydrogen-bond donors (Lipinski definition) is 2. The number of para-hydroxylation sites is 1. The van der Waals surface area contributed by atoms with Crippen molar-refractivity contribution in [2.75, 3.05) is 13.6 Å². The van der Waals surface area contributed by atoms with Gasteiger partial charge in [0.15, 0.2) is 5.69 Å². The van der Waals surface area contributed by atoms with Crippen molar-refractivity contribution in [1.82, 2.24) is 20.4 Å². The molecule has 1 atom stereocenters. The van der Waals surface area contributed by atoms with Crippen molar-refractivity contribution in [3.8, 4) is 5.69 Å². The topological polar surface area (TPSA) is 58.9 Å². The first-order valence-electron chi connectivity index (χ1n) is 6.27. The molecular weight excluding hydrogens is 276 g/mol. The van der Waals surface area contributed by atoms with E-state index in [-0.39, 0.29) is 24.4 Å². The lowest BCUT2D eigenvalue weighted by Crippen LogP contribution is -2.37. The molecule has 0 aliphatic rings. The number of carbonyl (C=O) groups excluding carboxylic acids is 1. The molecule has 1 unspecified atom stereocenters. The molecule has 108 valence electrons. The van der Waals surface area contributed by atoms with Gasteiger partial charge in [-0.1, -0.05) is 18.2 Å². The molecule has 0 aliphatic carbocycles. The van der Waals surface area contributed by atoms with Crippen LogP contribution in [0.1, 0.15) is 17.4 Å². The van der Waals surface area contributed by atoms with Gasteiger partial charge in [0, 0.05) is 18.8 Å². The van der Waals surface area contributed by atoms with Gasteiger partial charge in [-0.05, 0) is 32.2 Å². The highest BCUT2D eigenvalue weighted by atomic mass is 35.5. The van der Waals surface area contributed by atoms with Gasteiger partial charge in [-0.15, -0.1) is 12.4 Å². The number of rotatable bonds is 5. The number of amides is 1. The van der Waals surface area contributed by atoms with Crippen LogP contribution in [0.3, 0.4) is 0 Å². The zero-order valence-electron chi connectivity index (χ0n) is 11.5. The second-order valence-corrected chi connectivity index (χ2v) is 4.38. The highest BCUT2D eigenvalue weighted by Crippen LogP contribution is 2.06. The first kappa shape index (κ1) is 16.2. The number of halogens is 1. The fourth-order valence-corrected chi connectivity index (χ4v) is 1.61. The summed E-state index contributed by atoms with van der Waals surface area (Å²) in [6.07, 6.45) is 1.78. The molecule has 2 aromatic rings. The Hall–Kier alpha value is -1.85. The van der Waals surface area contributed by atoms with Gasteiger partial charge in [0.25, 0.3) is 5.91 Å². The summed E-state index contributed by atoms with van der Waals surface area (Å²) in [5.41, 5.74) is 1.36. The second-order valence-electron chi connectivity index (χ2n) is 4.38. The Morgan fingerprint density at radius 2 is 2.00 bits per heavy atom. The Morgan fingerprint density at radius 3 is 2.65 bits per heavy atom. The Labute approximate surface area is 124 Å². The highest BCUT2D eigenvalue weighted by molar-refractivity contribution is 5.92. The standard InChI is InChI=1S/C14H18N4O.ClH/c1-11(15-2)10-16-14(19)13-8-9-18(17-13)12-6-4-3-5-7-12;/h3-9,11,15H,10H2,1-2H3,(H,16,19);1H. The van der Waals surface area contributed by atoms with Crippen molar-refractivity contribution in [3.63, 3.8) is 0 Å². The molecule has 0 aliphatic heterocycles. The quantitative estimate of drug-likeness (QED) is 0.881. The maximum Gasteiger partial charge on any atom is 0.271 e. The molecule has 1 amide bonds. The molecule has 0 bridgehead atoms. The van der Waals surface area contributed by atoms with Crippen molar-refractivity contribution < 1.29 is 4.79 Å². The van der Waals surface area contributed by atoms with Gasteiger partial charge in [0.1, 0.15) is 0 Å². The van der Waals surface area contributed by atoms with Gasteiger partial charge < -0.3 is 10.6 Å². The van der Waals surface area contributed by atoms with Crippen LogP contribution in [0.25, 0.3) is 5.69 Å². The van der Waals surface area contributed by atoms with Crippen LogP contribution in [-0.2, 0) is 0 Å². The number of nitrogens with one attached hydrogen (secondary N) is 2. The summed E-state index contributed by atoms with van der Waals surface area (Å²) < 4.78 is 1.69. The van der Waals surface area contributed by atoms with Crippen molar-refractivity contribution in [2.45, 2.75) is 13.0 Å². The van der Waals surface area contributed by atoms with Crippen LogP contribution in [0.15, 0.2) is 42.6 Å². The summed E-state index contributed by atoms with van der Waals surface area (Å²) in [4.78, 5) is 11.9. The molecule has 0 saturated carbocycles. The molecule has 0 spiro atoms. The summed E-state index contributed by atoms with van der Waals surface area (Å²) in [7, 11) is 1.86. The number of carbonyl (C=O) groups is 1. The minimum absolute atomic E-state index is 0. The third-order valence-corrected chi connectivity index (χ3v) is 2.90. The Kier molecular flexibility index (Phi) is 6.21. The monoisotopic (exact) mass is 294 g/mol. The van der Waals surface area contributed by atoms with Crippen LogP contribution in [-0.4, -0.2) is 35.3 Å². The van der Waals surface area contributed by atoms with Crippen LogP contribution in [0.5, 0.6) is 0 Å². The number of hydrogen-bond acceptors (Lipinski definition) is 3. The smallest absolute Gasteiger partial charge is 0.271 e. The predicted octanol–water partition coefficient (Wildman–Crippen LogP) is 1.63. The van der Waals surface area contributed by atoms with E-state index in [9.17, 15) is 4.79 Å². The van der Waals surface area contributed by atoms with E-state index in [1.54, 1.807) is 16.9 Å². The molecule has 0 fully saturated rings. The van der Waals surface area contributed by atoms with Crippen molar-refractivity contribution >= 4 is 18.3 Å². The average molecular weight is 295 g/mol. The molecule has 2 N–H and O–H groups in total. The van der Waals surface area contributed by atoms with Crippen molar-refractivity contribution in [1.29, 1.82) is 0 Å². The van der Waals surface area contributed by atoms with E-state index in [0.29, 0.717) is 12.2 Å². The van der Waals surface area contributed by atoms with Crippen molar-refractivity contribution in [3.05, 3.63) is 48.3 Å². The van der Waals surface area contributed by atoms with E-state index in [0.717, 1.165) is 5.69 Å². The molecule has 6 heteroatoms. The molecule has 0 radical (unpaired) electrons. The zero-order chi connectivity index (χ0) is 13.7. The molecule has 1 aromatic carbocycles. The molecule has 0 saturated heterocycles. The molecular formula is C14H19ClN4O. The van der Waals surface area contributed by atoms with Gasteiger partial charge in [-0.3, -0.25) is 4.79 Å². The van der Waals surface area contributed by atoms with E-state index >= 15 is 0 Å². The third kappa shape index (κ3) is 4.08. The van der Waals surface area contributed by atoms with E-state index in [1.807, 2.05) is 44.3 Å². The van der Waals surface area contributed by atoms with Gasteiger partial charge in [-0.2, -0.15) is 5.10 Å². The summed E-state index contributed by atoms with van der Waals surface area (Å²) in [6.45, 7) is 2.58. The van der Waals surface area contributed by atoms with E-state index in [1.165, 1.54) is 0 Å². The lowest BCUT2D eigenvalue weighted by Gasteiger charge is -2.10. The zero-order valence-corrected chi connectivity index (χ0v) is 12.4. The minimum Gasteiger partial charge on any atom is -0.349 e. The first-order chi connectivity index (χ1) is 9.20. The maximum absolute atomic E-state index is 11.9. The lowest BCUT2D eigenvalue weighted by molar-refractivity contribution is 0.0945. The third-order valence-electron chi connectivity index (χ3n) is 2.90. The summed E-state index contributed by atoms with van der Waals surface area (Å²) in [6, 6.07) is 11.7. The number of nitrogens with zero attached hydrogens (tertiary/aromatic N) is 2. The molecule has 1 heterocycles. The molecule has 1 aromatic heterocycles. The number of aromatic nitrogens is 2. The lowest BCUT2D eigenvalue weighted by atomic mass is 10.3. The minimum atomic E-state index is -0.156. The summed E-state index contributed by atoms with van der Waals surface area (Å²) >= 11 is 0. The largest absolute Gasteiger partial charge is 0.349 e. The first-order valence-corrected chi connectivity index (χ1v) is 6.27. The van der Waals surface area contributed by atoms with Crippen LogP contribution in [0.4, 0.5) is 0 Å². The Morgan fingerprint density at radius 1 is 1.30 bits per heavy atom. The van der Waals surface area contributed by atoms with E-state index in [2.05, 4.69) is 15.7 Å². The molecule has 20 heavy (non-hydrogen) atoms. The number of likely N-dealkylation sites (N-methyl/N-ethyl adjacent to an activating group) is 1. The number of benzene rings is 1. The summed E-state index contributed by atoms with van der Waals surface area (Å²) in [5.74, 6) is -0.156.